The van der Waals surface area contributed by atoms with Gasteiger partial charge in [-0.1, -0.05) is 10.8 Å². The first-order chi connectivity index (χ1) is 5.95. The monoisotopic (exact) mass is 214 g/mol. The minimum Gasteiger partial charge on any atom is -0.239 e. The second-order valence-corrected chi connectivity index (χ2v) is 5.29. The van der Waals surface area contributed by atoms with E-state index in [1.165, 1.54) is 10.8 Å². The molecule has 0 aliphatic carbocycles. The van der Waals surface area contributed by atoms with E-state index in [2.05, 4.69) is 35.5 Å². The van der Waals surface area contributed by atoms with Gasteiger partial charge in [-0.25, -0.2) is 9.97 Å². The molecule has 2 nitrogen and oxygen atoms in total. The Balaban J connectivity index is 3.15. The number of nitrogens with zero attached hydrogens (tertiary/aromatic N) is 2. The van der Waals surface area contributed by atoms with Gasteiger partial charge in [-0.3, -0.25) is 0 Å². The summed E-state index contributed by atoms with van der Waals surface area (Å²) in [5.74, 6) is 0.824. The fraction of sp³-hybridized carbons (Fsp3) is 0.556. The van der Waals surface area contributed by atoms with E-state index < -0.39 is 0 Å². The molecule has 72 valence electrons. The predicted molar refractivity (Wildman–Crippen MR) is 61.1 cm³/mol. The SMILES string of the molecule is Cc1cc(C(C)(C)SS)nc(C)n1. The quantitative estimate of drug-likeness (QED) is 0.605. The van der Waals surface area contributed by atoms with Gasteiger partial charge in [0.05, 0.1) is 10.4 Å². The number of aryl methyl sites for hydroxylation is 2. The van der Waals surface area contributed by atoms with Crippen LogP contribution in [0.3, 0.4) is 0 Å². The number of hydrogen-bond donors (Lipinski definition) is 1. The Bertz CT molecular complexity index is 290. The molecule has 0 bridgehead atoms. The standard InChI is InChI=1S/C9H14N2S2/c1-6-5-8(9(3,4)13-12)11-7(2)10-6/h5,12H,1-4H3. The Morgan fingerprint density at radius 2 is 1.92 bits per heavy atom. The van der Waals surface area contributed by atoms with Crippen LogP contribution in [0.4, 0.5) is 0 Å². The second kappa shape index (κ2) is 3.88. The van der Waals surface area contributed by atoms with Crippen LogP contribution in [-0.4, -0.2) is 9.97 Å². The maximum absolute atomic E-state index is 4.40. The molecule has 0 saturated carbocycles. The highest BCUT2D eigenvalue weighted by Crippen LogP contribution is 2.36. The normalized spacial score (nSPS) is 11.8. The summed E-state index contributed by atoms with van der Waals surface area (Å²) in [6.07, 6.45) is 0. The third-order valence-electron chi connectivity index (χ3n) is 1.81. The first kappa shape index (κ1) is 10.9. The van der Waals surface area contributed by atoms with Gasteiger partial charge in [0.25, 0.3) is 0 Å². The Morgan fingerprint density at radius 3 is 2.38 bits per heavy atom. The Kier molecular flexibility index (Phi) is 3.24. The van der Waals surface area contributed by atoms with Crippen molar-refractivity contribution in [1.29, 1.82) is 0 Å². The van der Waals surface area contributed by atoms with Gasteiger partial charge in [0.15, 0.2) is 0 Å². The Hall–Kier alpha value is -0.220. The molecule has 0 spiro atoms. The average molecular weight is 214 g/mol. The van der Waals surface area contributed by atoms with Crippen LogP contribution in [0, 0.1) is 13.8 Å². The van der Waals surface area contributed by atoms with E-state index in [0.717, 1.165) is 17.2 Å². The van der Waals surface area contributed by atoms with E-state index >= 15 is 0 Å². The molecule has 0 aliphatic heterocycles. The molecule has 1 aromatic rings. The first-order valence-corrected chi connectivity index (χ1v) is 5.98. The molecule has 0 amide bonds. The molecule has 0 radical (unpaired) electrons. The van der Waals surface area contributed by atoms with Crippen molar-refractivity contribution in [3.05, 3.63) is 23.3 Å². The molecule has 0 aliphatic rings. The van der Waals surface area contributed by atoms with Crippen LogP contribution in [-0.2, 0) is 4.75 Å². The topological polar surface area (TPSA) is 25.8 Å². The van der Waals surface area contributed by atoms with Crippen LogP contribution in [0.25, 0.3) is 0 Å². The van der Waals surface area contributed by atoms with Crippen LogP contribution in [0.15, 0.2) is 6.07 Å². The molecule has 0 saturated heterocycles. The van der Waals surface area contributed by atoms with Crippen molar-refractivity contribution in [1.82, 2.24) is 9.97 Å². The van der Waals surface area contributed by atoms with Crippen LogP contribution in [0.1, 0.15) is 31.1 Å². The van der Waals surface area contributed by atoms with Crippen molar-refractivity contribution in [2.45, 2.75) is 32.4 Å². The van der Waals surface area contributed by atoms with Gasteiger partial charge in [-0.2, -0.15) is 0 Å². The van der Waals surface area contributed by atoms with Gasteiger partial charge >= 0.3 is 0 Å². The minimum atomic E-state index is -0.0540. The third-order valence-corrected chi connectivity index (χ3v) is 3.85. The lowest BCUT2D eigenvalue weighted by atomic mass is 10.1. The van der Waals surface area contributed by atoms with E-state index in [9.17, 15) is 0 Å². The summed E-state index contributed by atoms with van der Waals surface area (Å²) in [4.78, 5) is 8.63. The van der Waals surface area contributed by atoms with Crippen molar-refractivity contribution in [2.75, 3.05) is 0 Å². The number of aromatic nitrogens is 2. The third kappa shape index (κ3) is 2.61. The molecule has 0 aromatic carbocycles. The zero-order valence-electron chi connectivity index (χ0n) is 8.33. The van der Waals surface area contributed by atoms with Crippen molar-refractivity contribution in [2.24, 2.45) is 0 Å². The van der Waals surface area contributed by atoms with E-state index in [0.29, 0.717) is 0 Å². The fourth-order valence-electron chi connectivity index (χ4n) is 1.07. The first-order valence-electron chi connectivity index (χ1n) is 4.11. The van der Waals surface area contributed by atoms with E-state index in [4.69, 9.17) is 0 Å². The predicted octanol–water partition coefficient (Wildman–Crippen LogP) is 2.91. The summed E-state index contributed by atoms with van der Waals surface area (Å²) in [7, 11) is 1.50. The molecule has 0 N–H and O–H groups in total. The van der Waals surface area contributed by atoms with E-state index in [-0.39, 0.29) is 4.75 Å². The zero-order valence-corrected chi connectivity index (χ0v) is 10.0. The molecular weight excluding hydrogens is 200 g/mol. The summed E-state index contributed by atoms with van der Waals surface area (Å²) in [6.45, 7) is 8.10. The summed E-state index contributed by atoms with van der Waals surface area (Å²) in [5, 5.41) is 0. The molecule has 0 unspecified atom stereocenters. The van der Waals surface area contributed by atoms with Crippen molar-refractivity contribution in [3.63, 3.8) is 0 Å². The van der Waals surface area contributed by atoms with Gasteiger partial charge in [0.2, 0.25) is 0 Å². The summed E-state index contributed by atoms with van der Waals surface area (Å²) >= 11 is 4.24. The molecular formula is C9H14N2S2. The zero-order chi connectivity index (χ0) is 10.1. The van der Waals surface area contributed by atoms with Gasteiger partial charge in [0.1, 0.15) is 5.82 Å². The Labute approximate surface area is 88.4 Å². The van der Waals surface area contributed by atoms with Crippen LogP contribution < -0.4 is 0 Å². The highest BCUT2D eigenvalue weighted by molar-refractivity contribution is 8.68. The van der Waals surface area contributed by atoms with Crippen molar-refractivity contribution >= 4 is 22.5 Å². The molecule has 1 aromatic heterocycles. The number of thiol groups is 1. The van der Waals surface area contributed by atoms with Gasteiger partial charge < -0.3 is 0 Å². The maximum atomic E-state index is 4.40. The van der Waals surface area contributed by atoms with Crippen LogP contribution in [0.5, 0.6) is 0 Å². The molecule has 1 heterocycles. The van der Waals surface area contributed by atoms with E-state index in [1.807, 2.05) is 19.9 Å². The van der Waals surface area contributed by atoms with E-state index in [1.54, 1.807) is 0 Å². The van der Waals surface area contributed by atoms with Crippen LogP contribution in [0.2, 0.25) is 0 Å². The smallest absolute Gasteiger partial charge is 0.125 e. The van der Waals surface area contributed by atoms with Crippen LogP contribution >= 0.6 is 22.5 Å². The number of rotatable bonds is 2. The summed E-state index contributed by atoms with van der Waals surface area (Å²) < 4.78 is -0.0540. The minimum absolute atomic E-state index is 0.0540. The molecule has 4 heteroatoms. The van der Waals surface area contributed by atoms with Crippen molar-refractivity contribution < 1.29 is 0 Å². The highest BCUT2D eigenvalue weighted by Gasteiger charge is 2.22. The van der Waals surface area contributed by atoms with Gasteiger partial charge in [0, 0.05) is 5.69 Å². The highest BCUT2D eigenvalue weighted by atomic mass is 33.1. The lowest BCUT2D eigenvalue weighted by Gasteiger charge is -2.20. The van der Waals surface area contributed by atoms with Gasteiger partial charge in [-0.05, 0) is 33.8 Å². The molecule has 1 rings (SSSR count). The molecule has 13 heavy (non-hydrogen) atoms. The van der Waals surface area contributed by atoms with Gasteiger partial charge in [-0.15, -0.1) is 11.7 Å². The largest absolute Gasteiger partial charge is 0.239 e. The second-order valence-electron chi connectivity index (χ2n) is 3.54. The lowest BCUT2D eigenvalue weighted by molar-refractivity contribution is 0.735. The van der Waals surface area contributed by atoms with Crippen molar-refractivity contribution in [3.8, 4) is 0 Å². The number of hydrogen-bond acceptors (Lipinski definition) is 4. The maximum Gasteiger partial charge on any atom is 0.125 e. The lowest BCUT2D eigenvalue weighted by Crippen LogP contribution is -2.14. The summed E-state index contributed by atoms with van der Waals surface area (Å²) in [6, 6.07) is 2.01. The summed E-state index contributed by atoms with van der Waals surface area (Å²) in [5.41, 5.74) is 2.05. The average Bonchev–Trinajstić information content (AvgIpc) is 2.02. The fourth-order valence-corrected chi connectivity index (χ4v) is 1.55. The molecule has 0 atom stereocenters. The Morgan fingerprint density at radius 1 is 1.31 bits per heavy atom. The molecule has 0 fully saturated rings.